The van der Waals surface area contributed by atoms with Crippen LogP contribution in [0.1, 0.15) is 65.7 Å². The minimum absolute atomic E-state index is 0.00967. The zero-order valence-electron chi connectivity index (χ0n) is 31.1. The average molecular weight is 748 g/mol. The Morgan fingerprint density at radius 1 is 0.796 bits per heavy atom. The molecule has 0 bridgehead atoms. The van der Waals surface area contributed by atoms with Crippen LogP contribution < -0.4 is 10.0 Å². The fourth-order valence-electron chi connectivity index (χ4n) is 6.72. The minimum Gasteiger partial charge on any atom is -0.392 e. The van der Waals surface area contributed by atoms with Crippen molar-refractivity contribution in [3.63, 3.8) is 0 Å². The Labute approximate surface area is 319 Å². The molecule has 0 radical (unpaired) electrons. The van der Waals surface area contributed by atoms with Gasteiger partial charge in [0.05, 0.1) is 23.7 Å². The normalized spacial score (nSPS) is 20.0. The molecule has 1 saturated heterocycles. The molecule has 0 saturated carbocycles. The number of aliphatic hydroxyl groups is 1. The first-order valence-corrected chi connectivity index (χ1v) is 19.8. The summed E-state index contributed by atoms with van der Waals surface area (Å²) >= 11 is 0. The molecule has 9 nitrogen and oxygen atoms in total. The summed E-state index contributed by atoms with van der Waals surface area (Å²) in [5.74, 6) is -0.473. The van der Waals surface area contributed by atoms with E-state index in [-0.39, 0.29) is 42.1 Å². The van der Waals surface area contributed by atoms with E-state index in [1.807, 2.05) is 79.7 Å². The molecule has 1 amide bonds. The number of nitrogens with one attached hydrogen (secondary N) is 2. The van der Waals surface area contributed by atoms with Gasteiger partial charge in [0.25, 0.3) is 0 Å². The summed E-state index contributed by atoms with van der Waals surface area (Å²) in [5, 5.41) is 12.6. The number of ether oxygens (including phenoxy) is 2. The van der Waals surface area contributed by atoms with Crippen LogP contribution in [-0.4, -0.2) is 50.1 Å². The number of amides is 1. The van der Waals surface area contributed by atoms with Gasteiger partial charge in [-0.3, -0.25) is 9.69 Å². The SMILES string of the molecule is Cc1ccc(S(=O)(=O)N[C@H](Cc2ccccc2)C(=O)Nc2ccc([C@H]3O[C@@H](CN(C)[C@@H](C)c4ccccc4)[C@@H](C)[C@@H](c4ccc(CO)cc4)O3)cc2)cc1. The lowest BCUT2D eigenvalue weighted by Crippen LogP contribution is -2.45. The number of hydrogen-bond donors (Lipinski definition) is 3. The number of carbonyl (C=O) groups excluding carboxylic acids is 1. The molecular formula is C44H49N3O6S. The van der Waals surface area contributed by atoms with Crippen molar-refractivity contribution in [1.82, 2.24) is 9.62 Å². The fourth-order valence-corrected chi connectivity index (χ4v) is 7.91. The van der Waals surface area contributed by atoms with E-state index in [2.05, 4.69) is 60.1 Å². The summed E-state index contributed by atoms with van der Waals surface area (Å²) < 4.78 is 42.7. The number of likely N-dealkylation sites (N-methyl/N-ethyl adjacent to an activating group) is 1. The van der Waals surface area contributed by atoms with E-state index in [4.69, 9.17) is 9.47 Å². The first kappa shape index (κ1) is 39.0. The maximum atomic E-state index is 13.7. The zero-order chi connectivity index (χ0) is 38.2. The van der Waals surface area contributed by atoms with Gasteiger partial charge in [0.15, 0.2) is 6.29 Å². The zero-order valence-corrected chi connectivity index (χ0v) is 31.9. The van der Waals surface area contributed by atoms with E-state index in [1.165, 1.54) is 17.7 Å². The van der Waals surface area contributed by atoms with Crippen LogP contribution in [0.5, 0.6) is 0 Å². The standard InChI is InChI=1S/C44H49N3O6S/c1-30-15-25-39(26-16-30)54(50,51)46-40(27-33-11-7-5-8-12-33)43(49)45-38-23-21-37(22-24-38)44-52-41(28-47(4)32(3)35-13-9-6-10-14-35)31(2)42(53-44)36-19-17-34(29-48)18-20-36/h5-26,31-32,40-42,44,46,48H,27-29H2,1-4H3,(H,45,49)/t31-,32+,40-,41+,42+,44+/m1/s1. The monoisotopic (exact) mass is 747 g/mol. The molecule has 54 heavy (non-hydrogen) atoms. The molecule has 0 aromatic heterocycles. The number of carbonyl (C=O) groups is 1. The predicted molar refractivity (Wildman–Crippen MR) is 211 cm³/mol. The lowest BCUT2D eigenvalue weighted by Gasteiger charge is -2.43. The van der Waals surface area contributed by atoms with Crippen LogP contribution in [-0.2, 0) is 37.3 Å². The number of sulfonamides is 1. The second-order valence-electron chi connectivity index (χ2n) is 14.1. The van der Waals surface area contributed by atoms with E-state index >= 15 is 0 Å². The number of nitrogens with zero attached hydrogens (tertiary/aromatic N) is 1. The van der Waals surface area contributed by atoms with Crippen molar-refractivity contribution in [2.24, 2.45) is 5.92 Å². The molecule has 0 unspecified atom stereocenters. The van der Waals surface area contributed by atoms with E-state index in [0.717, 1.165) is 27.8 Å². The number of aliphatic hydroxyl groups excluding tert-OH is 1. The molecule has 5 aromatic carbocycles. The highest BCUT2D eigenvalue weighted by Gasteiger charge is 2.39. The Balaban J connectivity index is 1.20. The maximum Gasteiger partial charge on any atom is 0.242 e. The summed E-state index contributed by atoms with van der Waals surface area (Å²) in [4.78, 5) is 16.1. The van der Waals surface area contributed by atoms with Crippen LogP contribution >= 0.6 is 0 Å². The highest BCUT2D eigenvalue weighted by atomic mass is 32.2. The first-order valence-electron chi connectivity index (χ1n) is 18.3. The van der Waals surface area contributed by atoms with Crippen LogP contribution in [0.25, 0.3) is 0 Å². The summed E-state index contributed by atoms with van der Waals surface area (Å²) in [5.41, 5.74) is 6.08. The number of aryl methyl sites for hydroxylation is 1. The number of anilines is 1. The van der Waals surface area contributed by atoms with Gasteiger partial charge in [-0.15, -0.1) is 0 Å². The van der Waals surface area contributed by atoms with Crippen molar-refractivity contribution in [2.75, 3.05) is 18.9 Å². The molecule has 1 fully saturated rings. The van der Waals surface area contributed by atoms with E-state index in [0.29, 0.717) is 12.2 Å². The van der Waals surface area contributed by atoms with Crippen LogP contribution in [0.15, 0.2) is 138 Å². The topological polar surface area (TPSA) is 117 Å². The van der Waals surface area contributed by atoms with Gasteiger partial charge in [0.2, 0.25) is 15.9 Å². The van der Waals surface area contributed by atoms with Gasteiger partial charge in [-0.25, -0.2) is 8.42 Å². The molecule has 0 spiro atoms. The molecule has 282 valence electrons. The molecule has 1 aliphatic rings. The molecule has 5 aromatic rings. The molecular weight excluding hydrogens is 699 g/mol. The average Bonchev–Trinajstić information content (AvgIpc) is 3.19. The third-order valence-corrected chi connectivity index (χ3v) is 11.7. The molecule has 0 aliphatic carbocycles. The Morgan fingerprint density at radius 2 is 1.41 bits per heavy atom. The van der Waals surface area contributed by atoms with Gasteiger partial charge >= 0.3 is 0 Å². The number of hydrogen-bond acceptors (Lipinski definition) is 7. The van der Waals surface area contributed by atoms with Crippen molar-refractivity contribution in [3.05, 3.63) is 167 Å². The minimum atomic E-state index is -3.99. The van der Waals surface area contributed by atoms with E-state index in [1.54, 1.807) is 24.3 Å². The highest BCUT2D eigenvalue weighted by Crippen LogP contribution is 2.42. The summed E-state index contributed by atoms with van der Waals surface area (Å²) in [6.07, 6.45) is -0.980. The molecule has 1 heterocycles. The lowest BCUT2D eigenvalue weighted by molar-refractivity contribution is -0.276. The predicted octanol–water partition coefficient (Wildman–Crippen LogP) is 7.50. The Hall–Kier alpha value is -4.68. The van der Waals surface area contributed by atoms with Gasteiger partial charge in [-0.05, 0) is 73.8 Å². The van der Waals surface area contributed by atoms with Crippen LogP contribution in [0.3, 0.4) is 0 Å². The maximum absolute atomic E-state index is 13.7. The molecule has 6 atom stereocenters. The highest BCUT2D eigenvalue weighted by molar-refractivity contribution is 7.89. The molecule has 1 aliphatic heterocycles. The third-order valence-electron chi connectivity index (χ3n) is 10.2. The van der Waals surface area contributed by atoms with Gasteiger partial charge < -0.3 is 19.9 Å². The van der Waals surface area contributed by atoms with E-state index < -0.39 is 28.3 Å². The Bertz CT molecular complexity index is 2060. The van der Waals surface area contributed by atoms with Crippen LogP contribution in [0.2, 0.25) is 0 Å². The van der Waals surface area contributed by atoms with E-state index in [9.17, 15) is 18.3 Å². The molecule has 10 heteroatoms. The van der Waals surface area contributed by atoms with Gasteiger partial charge in [0.1, 0.15) is 6.04 Å². The van der Waals surface area contributed by atoms with Crippen molar-refractivity contribution in [3.8, 4) is 0 Å². The molecule has 3 N–H and O–H groups in total. The molecule has 6 rings (SSSR count). The van der Waals surface area contributed by atoms with Crippen molar-refractivity contribution >= 4 is 21.6 Å². The smallest absolute Gasteiger partial charge is 0.242 e. The van der Waals surface area contributed by atoms with Crippen molar-refractivity contribution in [1.29, 1.82) is 0 Å². The second-order valence-corrected chi connectivity index (χ2v) is 15.9. The summed E-state index contributed by atoms with van der Waals surface area (Å²) in [7, 11) is -1.88. The largest absolute Gasteiger partial charge is 0.392 e. The Morgan fingerprint density at radius 3 is 2.04 bits per heavy atom. The van der Waals surface area contributed by atoms with Crippen LogP contribution in [0.4, 0.5) is 5.69 Å². The fraction of sp³-hybridized carbons (Fsp3) is 0.295. The van der Waals surface area contributed by atoms with Crippen LogP contribution in [0, 0.1) is 12.8 Å². The van der Waals surface area contributed by atoms with Crippen molar-refractivity contribution in [2.45, 2.75) is 69.3 Å². The third kappa shape index (κ3) is 9.70. The van der Waals surface area contributed by atoms with Gasteiger partial charge in [-0.2, -0.15) is 4.72 Å². The van der Waals surface area contributed by atoms with Crippen molar-refractivity contribution < 1.29 is 27.8 Å². The summed E-state index contributed by atoms with van der Waals surface area (Å²) in [6, 6.07) is 40.4. The summed E-state index contributed by atoms with van der Waals surface area (Å²) in [6.45, 7) is 6.84. The number of rotatable bonds is 14. The quantitative estimate of drug-likeness (QED) is 0.108. The van der Waals surface area contributed by atoms with Gasteiger partial charge in [-0.1, -0.05) is 122 Å². The Kier molecular flexibility index (Phi) is 12.7. The number of benzene rings is 5. The second kappa shape index (κ2) is 17.6. The van der Waals surface area contributed by atoms with Gasteiger partial charge in [0, 0.05) is 29.8 Å². The first-order chi connectivity index (χ1) is 26.0. The lowest BCUT2D eigenvalue weighted by atomic mass is 9.89.